The van der Waals surface area contributed by atoms with E-state index in [1.807, 2.05) is 0 Å². The van der Waals surface area contributed by atoms with Crippen LogP contribution in [0.25, 0.3) is 11.0 Å². The molecule has 0 radical (unpaired) electrons. The van der Waals surface area contributed by atoms with Crippen LogP contribution in [0.4, 0.5) is 4.39 Å². The monoisotopic (exact) mass is 208 g/mol. The molecule has 2 aromatic rings. The second-order valence-corrected chi connectivity index (χ2v) is 3.13. The number of benzene rings is 1. The minimum absolute atomic E-state index is 0.126. The summed E-state index contributed by atoms with van der Waals surface area (Å²) in [6.07, 6.45) is 0. The van der Waals surface area contributed by atoms with Gasteiger partial charge in [0.25, 0.3) is 0 Å². The van der Waals surface area contributed by atoms with Crippen LogP contribution in [0.15, 0.2) is 12.1 Å². The number of aromatic amines is 1. The first-order chi connectivity index (χ1) is 7.13. The summed E-state index contributed by atoms with van der Waals surface area (Å²) in [5.74, 6) is -0.716. The van der Waals surface area contributed by atoms with Crippen molar-refractivity contribution >= 4 is 17.0 Å². The van der Waals surface area contributed by atoms with E-state index in [0.29, 0.717) is 16.9 Å². The van der Waals surface area contributed by atoms with Crippen LogP contribution in [-0.4, -0.2) is 23.0 Å². The van der Waals surface area contributed by atoms with Gasteiger partial charge in [-0.15, -0.1) is 0 Å². The fourth-order valence-corrected chi connectivity index (χ4v) is 1.47. The third kappa shape index (κ3) is 1.45. The molecule has 4 nitrogen and oxygen atoms in total. The van der Waals surface area contributed by atoms with Crippen molar-refractivity contribution in [3.63, 3.8) is 0 Å². The van der Waals surface area contributed by atoms with Crippen molar-refractivity contribution in [2.75, 3.05) is 7.11 Å². The SMILES string of the molecule is COC(=O)c1c(F)ccc2[nH]c(C)nc12. The highest BCUT2D eigenvalue weighted by Crippen LogP contribution is 2.20. The van der Waals surface area contributed by atoms with Gasteiger partial charge in [0.15, 0.2) is 0 Å². The maximum Gasteiger partial charge on any atom is 0.343 e. The number of carbonyl (C=O) groups excluding carboxylic acids is 1. The van der Waals surface area contributed by atoms with Crippen LogP contribution in [0.5, 0.6) is 0 Å². The minimum Gasteiger partial charge on any atom is -0.465 e. The Morgan fingerprint density at radius 3 is 2.93 bits per heavy atom. The first-order valence-electron chi connectivity index (χ1n) is 4.36. The summed E-state index contributed by atoms with van der Waals surface area (Å²) < 4.78 is 17.9. The maximum atomic E-state index is 13.4. The predicted molar refractivity (Wildman–Crippen MR) is 52.1 cm³/mol. The zero-order chi connectivity index (χ0) is 11.0. The zero-order valence-electron chi connectivity index (χ0n) is 8.30. The van der Waals surface area contributed by atoms with E-state index in [2.05, 4.69) is 14.7 Å². The van der Waals surface area contributed by atoms with Gasteiger partial charge in [-0.2, -0.15) is 0 Å². The molecular formula is C10H9FN2O2. The van der Waals surface area contributed by atoms with Gasteiger partial charge in [-0.3, -0.25) is 0 Å². The lowest BCUT2D eigenvalue weighted by atomic mass is 10.2. The number of aryl methyl sites for hydroxylation is 1. The molecule has 0 fully saturated rings. The second-order valence-electron chi connectivity index (χ2n) is 3.13. The van der Waals surface area contributed by atoms with Gasteiger partial charge in [0, 0.05) is 0 Å². The Bertz CT molecular complexity index is 533. The Hall–Kier alpha value is -1.91. The number of carbonyl (C=O) groups is 1. The van der Waals surface area contributed by atoms with Crippen molar-refractivity contribution in [1.82, 2.24) is 9.97 Å². The number of esters is 1. The van der Waals surface area contributed by atoms with Gasteiger partial charge >= 0.3 is 5.97 Å². The number of rotatable bonds is 1. The second kappa shape index (κ2) is 3.34. The fraction of sp³-hybridized carbons (Fsp3) is 0.200. The number of fused-ring (bicyclic) bond motifs is 1. The molecule has 0 saturated heterocycles. The Balaban J connectivity index is 2.78. The van der Waals surface area contributed by atoms with Crippen LogP contribution in [0.3, 0.4) is 0 Å². The smallest absolute Gasteiger partial charge is 0.343 e. The molecule has 0 unspecified atom stereocenters. The molecule has 5 heteroatoms. The van der Waals surface area contributed by atoms with E-state index in [4.69, 9.17) is 0 Å². The van der Waals surface area contributed by atoms with E-state index in [0.717, 1.165) is 0 Å². The molecule has 0 aliphatic carbocycles. The Kier molecular flexibility index (Phi) is 2.15. The molecule has 1 aromatic heterocycles. The molecule has 0 aliphatic rings. The number of hydrogen-bond donors (Lipinski definition) is 1. The summed E-state index contributed by atoms with van der Waals surface area (Å²) in [5, 5.41) is 0. The number of ether oxygens (including phenoxy) is 1. The van der Waals surface area contributed by atoms with Crippen molar-refractivity contribution in [3.8, 4) is 0 Å². The number of nitrogens with zero attached hydrogens (tertiary/aromatic N) is 1. The highest BCUT2D eigenvalue weighted by atomic mass is 19.1. The summed E-state index contributed by atoms with van der Waals surface area (Å²) in [7, 11) is 1.21. The molecule has 15 heavy (non-hydrogen) atoms. The lowest BCUT2D eigenvalue weighted by molar-refractivity contribution is 0.0598. The van der Waals surface area contributed by atoms with Gasteiger partial charge in [-0.1, -0.05) is 0 Å². The molecule has 1 heterocycles. The zero-order valence-corrected chi connectivity index (χ0v) is 8.30. The summed E-state index contributed by atoms with van der Waals surface area (Å²) in [6, 6.07) is 2.75. The molecule has 0 bridgehead atoms. The van der Waals surface area contributed by atoms with Crippen LogP contribution in [0, 0.1) is 12.7 Å². The van der Waals surface area contributed by atoms with E-state index in [-0.39, 0.29) is 5.56 Å². The molecule has 2 rings (SSSR count). The van der Waals surface area contributed by atoms with Gasteiger partial charge in [-0.05, 0) is 19.1 Å². The lowest BCUT2D eigenvalue weighted by Gasteiger charge is -2.01. The predicted octanol–water partition coefficient (Wildman–Crippen LogP) is 1.80. The van der Waals surface area contributed by atoms with Crippen molar-refractivity contribution in [2.45, 2.75) is 6.92 Å². The molecule has 0 aliphatic heterocycles. The molecule has 0 amide bonds. The van der Waals surface area contributed by atoms with Gasteiger partial charge in [0.05, 0.1) is 12.6 Å². The number of imidazole rings is 1. The van der Waals surface area contributed by atoms with Crippen LogP contribution in [0.2, 0.25) is 0 Å². The number of hydrogen-bond acceptors (Lipinski definition) is 3. The quantitative estimate of drug-likeness (QED) is 0.727. The van der Waals surface area contributed by atoms with E-state index in [1.54, 1.807) is 6.92 Å². The van der Waals surface area contributed by atoms with Crippen LogP contribution in [-0.2, 0) is 4.74 Å². The fourth-order valence-electron chi connectivity index (χ4n) is 1.47. The molecule has 0 spiro atoms. The highest BCUT2D eigenvalue weighted by molar-refractivity contribution is 6.02. The number of nitrogens with one attached hydrogen (secondary N) is 1. The van der Waals surface area contributed by atoms with Crippen LogP contribution < -0.4 is 0 Å². The van der Waals surface area contributed by atoms with Gasteiger partial charge < -0.3 is 9.72 Å². The summed E-state index contributed by atoms with van der Waals surface area (Å²) in [6.45, 7) is 1.74. The average Bonchev–Trinajstić information content (AvgIpc) is 2.57. The lowest BCUT2D eigenvalue weighted by Crippen LogP contribution is -2.05. The molecular weight excluding hydrogens is 199 g/mol. The van der Waals surface area contributed by atoms with Gasteiger partial charge in [0.1, 0.15) is 22.7 Å². The molecule has 0 saturated carbocycles. The Morgan fingerprint density at radius 2 is 2.27 bits per heavy atom. The number of aromatic nitrogens is 2. The molecule has 1 N–H and O–H groups in total. The first-order valence-corrected chi connectivity index (χ1v) is 4.36. The topological polar surface area (TPSA) is 55.0 Å². The van der Waals surface area contributed by atoms with Gasteiger partial charge in [0.2, 0.25) is 0 Å². The maximum absolute atomic E-state index is 13.4. The van der Waals surface area contributed by atoms with E-state index in [1.165, 1.54) is 19.2 Å². The van der Waals surface area contributed by atoms with Crippen LogP contribution in [0.1, 0.15) is 16.2 Å². The number of H-pyrrole nitrogens is 1. The van der Waals surface area contributed by atoms with Crippen molar-refractivity contribution < 1.29 is 13.9 Å². The number of halogens is 1. The van der Waals surface area contributed by atoms with Gasteiger partial charge in [-0.25, -0.2) is 14.2 Å². The summed E-state index contributed by atoms with van der Waals surface area (Å²) >= 11 is 0. The Labute approximate surface area is 85.1 Å². The number of methoxy groups -OCH3 is 1. The standard InChI is InChI=1S/C10H9FN2O2/c1-5-12-7-4-3-6(11)8(9(7)13-5)10(14)15-2/h3-4H,1-2H3,(H,12,13). The van der Waals surface area contributed by atoms with Crippen molar-refractivity contribution in [3.05, 3.63) is 29.3 Å². The summed E-state index contributed by atoms with van der Waals surface area (Å²) in [5.41, 5.74) is 0.799. The Morgan fingerprint density at radius 1 is 1.53 bits per heavy atom. The first kappa shape index (κ1) is 9.64. The summed E-state index contributed by atoms with van der Waals surface area (Å²) in [4.78, 5) is 18.3. The third-order valence-corrected chi connectivity index (χ3v) is 2.11. The molecule has 0 atom stereocenters. The van der Waals surface area contributed by atoms with E-state index >= 15 is 0 Å². The average molecular weight is 208 g/mol. The normalized spacial score (nSPS) is 10.6. The van der Waals surface area contributed by atoms with Crippen molar-refractivity contribution in [2.24, 2.45) is 0 Å². The van der Waals surface area contributed by atoms with Crippen LogP contribution >= 0.6 is 0 Å². The van der Waals surface area contributed by atoms with E-state index in [9.17, 15) is 9.18 Å². The van der Waals surface area contributed by atoms with Crippen molar-refractivity contribution in [1.29, 1.82) is 0 Å². The molecule has 78 valence electrons. The molecule has 1 aromatic carbocycles. The minimum atomic E-state index is -0.718. The highest BCUT2D eigenvalue weighted by Gasteiger charge is 2.18. The third-order valence-electron chi connectivity index (χ3n) is 2.11. The van der Waals surface area contributed by atoms with E-state index < -0.39 is 11.8 Å². The largest absolute Gasteiger partial charge is 0.465 e.